The summed E-state index contributed by atoms with van der Waals surface area (Å²) in [6, 6.07) is 13.2. The van der Waals surface area contributed by atoms with Gasteiger partial charge in [-0.05, 0) is 61.4 Å². The average molecular weight is 448 g/mol. The van der Waals surface area contributed by atoms with Crippen molar-refractivity contribution in [2.45, 2.75) is 32.2 Å². The van der Waals surface area contributed by atoms with Crippen LogP contribution in [0.1, 0.15) is 25.0 Å². The molecule has 0 atom stereocenters. The van der Waals surface area contributed by atoms with E-state index in [0.29, 0.717) is 22.5 Å². The lowest BCUT2D eigenvalue weighted by molar-refractivity contribution is -0.274. The zero-order chi connectivity index (χ0) is 23.5. The molecule has 9 heteroatoms. The zero-order valence-corrected chi connectivity index (χ0v) is 17.2. The van der Waals surface area contributed by atoms with Gasteiger partial charge in [-0.2, -0.15) is 0 Å². The summed E-state index contributed by atoms with van der Waals surface area (Å²) in [5.74, 6) is -1.58. The first kappa shape index (κ1) is 23.1. The molecule has 2 aromatic carbocycles. The van der Waals surface area contributed by atoms with E-state index in [-0.39, 0.29) is 17.9 Å². The molecular weight excluding hydrogens is 428 g/mol. The third kappa shape index (κ3) is 5.54. The lowest BCUT2D eigenvalue weighted by Crippen LogP contribution is -2.29. The quantitative estimate of drug-likeness (QED) is 0.450. The summed E-state index contributed by atoms with van der Waals surface area (Å²) in [5, 5.41) is 12.4. The van der Waals surface area contributed by atoms with Crippen LogP contribution in [-0.2, 0) is 16.8 Å². The van der Waals surface area contributed by atoms with Gasteiger partial charge in [0, 0.05) is 23.9 Å². The fourth-order valence-electron chi connectivity index (χ4n) is 3.01. The summed E-state index contributed by atoms with van der Waals surface area (Å²) < 4.78 is 55.2. The van der Waals surface area contributed by atoms with E-state index in [9.17, 15) is 27.5 Å². The molecule has 0 aliphatic carbocycles. The second-order valence-electron chi connectivity index (χ2n) is 7.61. The van der Waals surface area contributed by atoms with Gasteiger partial charge in [0.25, 0.3) is 0 Å². The number of alkyl halides is 3. The van der Waals surface area contributed by atoms with Crippen LogP contribution < -0.4 is 10.1 Å². The number of carbonyl (C=O) groups is 1. The number of benzene rings is 2. The fourth-order valence-corrected chi connectivity index (χ4v) is 3.01. The van der Waals surface area contributed by atoms with Gasteiger partial charge < -0.3 is 15.2 Å². The summed E-state index contributed by atoms with van der Waals surface area (Å²) >= 11 is 0. The van der Waals surface area contributed by atoms with Crippen molar-refractivity contribution < 1.29 is 32.2 Å². The number of aliphatic carboxylic acids is 1. The molecule has 32 heavy (non-hydrogen) atoms. The van der Waals surface area contributed by atoms with Crippen LogP contribution >= 0.6 is 0 Å². The van der Waals surface area contributed by atoms with Gasteiger partial charge in [-0.15, -0.1) is 13.2 Å². The number of pyridine rings is 1. The van der Waals surface area contributed by atoms with E-state index in [1.165, 1.54) is 56.4 Å². The van der Waals surface area contributed by atoms with Crippen LogP contribution in [0.15, 0.2) is 60.8 Å². The number of carboxylic acids is 1. The predicted octanol–water partition coefficient (Wildman–Crippen LogP) is 5.76. The molecule has 2 N–H and O–H groups in total. The molecular formula is C23H20F4N2O3. The maximum atomic E-state index is 14.2. The van der Waals surface area contributed by atoms with E-state index in [1.54, 1.807) is 18.2 Å². The molecule has 0 fully saturated rings. The van der Waals surface area contributed by atoms with E-state index in [0.717, 1.165) is 0 Å². The summed E-state index contributed by atoms with van der Waals surface area (Å²) in [7, 11) is 0. The molecule has 1 heterocycles. The van der Waals surface area contributed by atoms with Crippen molar-refractivity contribution in [2.24, 2.45) is 0 Å². The highest BCUT2D eigenvalue weighted by molar-refractivity contribution is 5.81. The first-order valence-corrected chi connectivity index (χ1v) is 9.54. The van der Waals surface area contributed by atoms with Crippen LogP contribution in [-0.4, -0.2) is 22.4 Å². The smallest absolute Gasteiger partial charge is 0.481 e. The van der Waals surface area contributed by atoms with Crippen molar-refractivity contribution in [1.29, 1.82) is 0 Å². The van der Waals surface area contributed by atoms with Gasteiger partial charge in [-0.3, -0.25) is 4.79 Å². The average Bonchev–Trinajstić information content (AvgIpc) is 2.72. The highest BCUT2D eigenvalue weighted by Crippen LogP contribution is 2.31. The van der Waals surface area contributed by atoms with Crippen molar-refractivity contribution in [2.75, 3.05) is 5.32 Å². The minimum Gasteiger partial charge on any atom is -0.481 e. The van der Waals surface area contributed by atoms with Gasteiger partial charge in [0.2, 0.25) is 0 Å². The van der Waals surface area contributed by atoms with Gasteiger partial charge >= 0.3 is 12.3 Å². The Morgan fingerprint density at radius 2 is 1.78 bits per heavy atom. The molecule has 0 bridgehead atoms. The monoisotopic (exact) mass is 448 g/mol. The Balaban J connectivity index is 1.73. The molecule has 168 valence electrons. The Bertz CT molecular complexity index is 1110. The SMILES string of the molecule is CC(C)(C(=O)O)c1cc(-c2ccc(NCc3cccc(OC(F)(F)F)c3)nc2)ccc1F. The van der Waals surface area contributed by atoms with Crippen molar-refractivity contribution in [1.82, 2.24) is 4.98 Å². The predicted molar refractivity (Wildman–Crippen MR) is 111 cm³/mol. The Kier molecular flexibility index (Phi) is 6.38. The molecule has 0 amide bonds. The first-order chi connectivity index (χ1) is 15.0. The molecule has 0 saturated heterocycles. The maximum absolute atomic E-state index is 14.2. The van der Waals surface area contributed by atoms with Crippen LogP contribution in [0.4, 0.5) is 23.4 Å². The highest BCUT2D eigenvalue weighted by atomic mass is 19.4. The van der Waals surface area contributed by atoms with Crippen LogP contribution in [0, 0.1) is 5.82 Å². The number of hydrogen-bond donors (Lipinski definition) is 2. The summed E-state index contributed by atoms with van der Waals surface area (Å²) in [6.07, 6.45) is -3.22. The van der Waals surface area contributed by atoms with E-state index in [1.807, 2.05) is 0 Å². The molecule has 3 rings (SSSR count). The Hall–Kier alpha value is -3.62. The van der Waals surface area contributed by atoms with E-state index in [4.69, 9.17) is 0 Å². The number of carboxylic acid groups (broad SMARTS) is 1. The molecule has 3 aromatic rings. The van der Waals surface area contributed by atoms with E-state index < -0.39 is 23.6 Å². The number of nitrogens with zero attached hydrogens (tertiary/aromatic N) is 1. The van der Waals surface area contributed by atoms with Crippen LogP contribution in [0.25, 0.3) is 11.1 Å². The Morgan fingerprint density at radius 1 is 1.06 bits per heavy atom. The van der Waals surface area contributed by atoms with Crippen molar-refractivity contribution in [3.8, 4) is 16.9 Å². The first-order valence-electron chi connectivity index (χ1n) is 9.54. The van der Waals surface area contributed by atoms with Gasteiger partial charge in [-0.1, -0.05) is 18.2 Å². The lowest BCUT2D eigenvalue weighted by atomic mass is 9.83. The molecule has 5 nitrogen and oxygen atoms in total. The van der Waals surface area contributed by atoms with E-state index in [2.05, 4.69) is 15.0 Å². The topological polar surface area (TPSA) is 71.5 Å². The second-order valence-corrected chi connectivity index (χ2v) is 7.61. The fraction of sp³-hybridized carbons (Fsp3) is 0.217. The highest BCUT2D eigenvalue weighted by Gasteiger charge is 2.32. The van der Waals surface area contributed by atoms with Crippen LogP contribution in [0.5, 0.6) is 5.75 Å². The summed E-state index contributed by atoms with van der Waals surface area (Å²) in [4.78, 5) is 15.8. The van der Waals surface area contributed by atoms with Crippen LogP contribution in [0.2, 0.25) is 0 Å². The molecule has 0 aliphatic heterocycles. The number of nitrogens with one attached hydrogen (secondary N) is 1. The van der Waals surface area contributed by atoms with Crippen molar-refractivity contribution in [3.63, 3.8) is 0 Å². The lowest BCUT2D eigenvalue weighted by Gasteiger charge is -2.21. The molecule has 0 saturated carbocycles. The summed E-state index contributed by atoms with van der Waals surface area (Å²) in [6.45, 7) is 3.07. The van der Waals surface area contributed by atoms with Gasteiger partial charge in [0.05, 0.1) is 5.41 Å². The molecule has 0 aliphatic rings. The van der Waals surface area contributed by atoms with Crippen molar-refractivity contribution in [3.05, 3.63) is 77.7 Å². The van der Waals surface area contributed by atoms with E-state index >= 15 is 0 Å². The second kappa shape index (κ2) is 8.86. The third-order valence-electron chi connectivity index (χ3n) is 4.88. The normalized spacial score (nSPS) is 11.8. The van der Waals surface area contributed by atoms with Gasteiger partial charge in [-0.25, -0.2) is 9.37 Å². The Labute approximate surface area is 181 Å². The van der Waals surface area contributed by atoms with Crippen LogP contribution in [0.3, 0.4) is 0 Å². The Morgan fingerprint density at radius 3 is 2.41 bits per heavy atom. The number of halogens is 4. The molecule has 1 aromatic heterocycles. The zero-order valence-electron chi connectivity index (χ0n) is 17.2. The minimum atomic E-state index is -4.76. The molecule has 0 unspecified atom stereocenters. The third-order valence-corrected chi connectivity index (χ3v) is 4.88. The maximum Gasteiger partial charge on any atom is 0.573 e. The van der Waals surface area contributed by atoms with Gasteiger partial charge in [0.15, 0.2) is 0 Å². The number of ether oxygens (including phenoxy) is 1. The molecule has 0 spiro atoms. The summed E-state index contributed by atoms with van der Waals surface area (Å²) in [5.41, 5.74) is 0.479. The number of aromatic nitrogens is 1. The van der Waals surface area contributed by atoms with Gasteiger partial charge in [0.1, 0.15) is 17.4 Å². The number of hydrogen-bond acceptors (Lipinski definition) is 4. The minimum absolute atomic E-state index is 0.0608. The number of rotatable bonds is 7. The van der Waals surface area contributed by atoms with Crippen molar-refractivity contribution >= 4 is 11.8 Å². The molecule has 0 radical (unpaired) electrons. The largest absolute Gasteiger partial charge is 0.573 e. The standard InChI is InChI=1S/C23H20F4N2O3/c1-22(2,21(30)31)18-11-15(6-8-19(18)24)16-7-9-20(29-13-16)28-12-14-4-3-5-17(10-14)32-23(25,26)27/h3-11,13H,12H2,1-2H3,(H,28,29)(H,30,31). The number of anilines is 1.